The molecule has 3 unspecified atom stereocenters. The van der Waals surface area contributed by atoms with E-state index in [0.717, 1.165) is 0 Å². The third-order valence-electron chi connectivity index (χ3n) is 5.44. The Hall–Kier alpha value is -0.810. The van der Waals surface area contributed by atoms with Gasteiger partial charge < -0.3 is 60.5 Å². The lowest BCUT2D eigenvalue weighted by Crippen LogP contribution is -2.75. The molecule has 0 aromatic heterocycles. The van der Waals surface area contributed by atoms with E-state index in [2.05, 4.69) is 0 Å². The summed E-state index contributed by atoms with van der Waals surface area (Å²) < 4.78 is 10.4. The van der Waals surface area contributed by atoms with Crippen LogP contribution in [0.5, 0.6) is 0 Å². The van der Waals surface area contributed by atoms with Crippen LogP contribution in [0.15, 0.2) is 0 Å². The van der Waals surface area contributed by atoms with Gasteiger partial charge >= 0.3 is 0 Å². The summed E-state index contributed by atoms with van der Waals surface area (Å²) in [6.07, 6.45) is -21.2. The maximum absolute atomic E-state index is 12.9. The predicted octanol–water partition coefficient (Wildman–Crippen LogP) is -6.65. The molecule has 0 aromatic carbocycles. The zero-order chi connectivity index (χ0) is 22.3. The summed E-state index contributed by atoms with van der Waals surface area (Å²) in [4.78, 5) is 12.9. The van der Waals surface area contributed by atoms with Crippen LogP contribution < -0.4 is 0 Å². The number of aliphatic hydroxyl groups excluding tert-OH is 9. The summed E-state index contributed by atoms with van der Waals surface area (Å²) in [5.41, 5.74) is -3.19. The van der Waals surface area contributed by atoms with E-state index in [1.165, 1.54) is 6.92 Å². The Bertz CT molecular complexity index is 575. The van der Waals surface area contributed by atoms with Crippen molar-refractivity contribution in [2.45, 2.75) is 79.7 Å². The van der Waals surface area contributed by atoms with Crippen LogP contribution in [0.25, 0.3) is 0 Å². The molecule has 0 spiro atoms. The van der Waals surface area contributed by atoms with E-state index < -0.39 is 91.7 Å². The highest BCUT2D eigenvalue weighted by Gasteiger charge is 2.64. The highest BCUT2D eigenvalue weighted by molar-refractivity contribution is 5.93. The number of rotatable bonds is 6. The first-order valence-corrected chi connectivity index (χ1v) is 8.98. The molecule has 2 rings (SSSR count). The maximum Gasteiger partial charge on any atom is 0.201 e. The molecule has 12 atom stereocenters. The summed E-state index contributed by atoms with van der Waals surface area (Å²) in [5, 5.41) is 99.9. The maximum atomic E-state index is 12.9. The lowest BCUT2D eigenvalue weighted by Gasteiger charge is -2.51. The predicted molar refractivity (Wildman–Crippen MR) is 89.2 cm³/mol. The van der Waals surface area contributed by atoms with Crippen LogP contribution in [0.2, 0.25) is 0 Å². The van der Waals surface area contributed by atoms with E-state index in [0.29, 0.717) is 0 Å². The van der Waals surface area contributed by atoms with Crippen LogP contribution in [-0.4, -0.2) is 143 Å². The average molecular weight is 428 g/mol. The van der Waals surface area contributed by atoms with E-state index in [1.54, 1.807) is 0 Å². The standard InChI is InChI=1S/C16H28O13/c1-4-7(20)10(23)12(25)15(29-4)16(27,13(26)9(22)5(18)2-17)14-11(24)8(21)6(19)3-28-14/h4-12,14-15,17-25,27H,2-3H2,1H3/t4-,5+,6+,7-,8+,9+,10+,11-,12+,14?,15?,16?/m0/s1. The third-order valence-corrected chi connectivity index (χ3v) is 5.44. The third kappa shape index (κ3) is 4.19. The minimum atomic E-state index is -3.19. The smallest absolute Gasteiger partial charge is 0.201 e. The number of carbonyl (C=O) groups excluding carboxylic acids is 1. The van der Waals surface area contributed by atoms with Crippen molar-refractivity contribution < 1.29 is 65.3 Å². The number of ketones is 1. The summed E-state index contributed by atoms with van der Waals surface area (Å²) in [6.45, 7) is -0.516. The van der Waals surface area contributed by atoms with Gasteiger partial charge in [0.25, 0.3) is 0 Å². The van der Waals surface area contributed by atoms with Gasteiger partial charge in [0, 0.05) is 0 Å². The fourth-order valence-electron chi connectivity index (χ4n) is 3.56. The Morgan fingerprint density at radius 2 is 1.52 bits per heavy atom. The molecule has 2 aliphatic heterocycles. The number of ether oxygens (including phenoxy) is 2. The molecule has 0 aliphatic carbocycles. The van der Waals surface area contributed by atoms with E-state index in [9.17, 15) is 50.8 Å². The second-order valence-electron chi connectivity index (χ2n) is 7.42. The topological polar surface area (TPSA) is 238 Å². The normalized spacial score (nSPS) is 45.3. The van der Waals surface area contributed by atoms with Crippen LogP contribution in [0.3, 0.4) is 0 Å². The van der Waals surface area contributed by atoms with Gasteiger partial charge in [0.2, 0.25) is 5.78 Å². The molecule has 0 amide bonds. The van der Waals surface area contributed by atoms with Gasteiger partial charge in [-0.1, -0.05) is 0 Å². The van der Waals surface area contributed by atoms with Crippen molar-refractivity contribution >= 4 is 5.78 Å². The first-order valence-electron chi connectivity index (χ1n) is 8.98. The summed E-state index contributed by atoms with van der Waals surface area (Å²) in [6, 6.07) is 0. The molecule has 13 nitrogen and oxygen atoms in total. The fourth-order valence-corrected chi connectivity index (χ4v) is 3.56. The lowest BCUT2D eigenvalue weighted by molar-refractivity contribution is -0.300. The van der Waals surface area contributed by atoms with Gasteiger partial charge in [0.05, 0.1) is 19.3 Å². The first kappa shape index (κ1) is 24.5. The fraction of sp³-hybridized carbons (Fsp3) is 0.938. The van der Waals surface area contributed by atoms with Gasteiger partial charge in [-0.15, -0.1) is 0 Å². The van der Waals surface area contributed by atoms with Crippen molar-refractivity contribution in [2.75, 3.05) is 13.2 Å². The molecular formula is C16H28O13. The second kappa shape index (κ2) is 9.13. The average Bonchev–Trinajstić information content (AvgIpc) is 2.70. The molecule has 0 aromatic rings. The minimum absolute atomic E-state index is 0.666. The molecule has 170 valence electrons. The molecular weight excluding hydrogens is 400 g/mol. The monoisotopic (exact) mass is 428 g/mol. The number of carbonyl (C=O) groups is 1. The van der Waals surface area contributed by atoms with Crippen molar-refractivity contribution in [3.63, 3.8) is 0 Å². The van der Waals surface area contributed by atoms with Crippen molar-refractivity contribution in [1.29, 1.82) is 0 Å². The molecule has 0 radical (unpaired) electrons. The van der Waals surface area contributed by atoms with E-state index in [1.807, 2.05) is 0 Å². The van der Waals surface area contributed by atoms with E-state index in [-0.39, 0.29) is 0 Å². The number of aliphatic hydroxyl groups is 10. The van der Waals surface area contributed by atoms with Crippen LogP contribution in [0, 0.1) is 0 Å². The molecule has 2 saturated heterocycles. The van der Waals surface area contributed by atoms with Gasteiger partial charge in [-0.2, -0.15) is 0 Å². The van der Waals surface area contributed by atoms with Crippen LogP contribution >= 0.6 is 0 Å². The summed E-state index contributed by atoms with van der Waals surface area (Å²) >= 11 is 0. The lowest BCUT2D eigenvalue weighted by atomic mass is 9.73. The SMILES string of the molecule is C[C@@H]1OC(C(O)(C(=O)[C@H](O)[C@H](O)CO)C2OC[C@@H](O)[C@@H](O)[C@@H]2O)[C@H](O)[C@H](O)[C@H]1O. The first-order chi connectivity index (χ1) is 13.4. The van der Waals surface area contributed by atoms with Crippen molar-refractivity contribution in [2.24, 2.45) is 0 Å². The molecule has 0 saturated carbocycles. The van der Waals surface area contributed by atoms with Crippen LogP contribution in [-0.2, 0) is 14.3 Å². The van der Waals surface area contributed by atoms with Gasteiger partial charge in [0.1, 0.15) is 61.0 Å². The zero-order valence-electron chi connectivity index (χ0n) is 15.5. The van der Waals surface area contributed by atoms with Gasteiger partial charge in [0.15, 0.2) is 5.60 Å². The Kier molecular flexibility index (Phi) is 7.70. The number of hydrogen-bond acceptors (Lipinski definition) is 13. The molecule has 2 aliphatic rings. The summed E-state index contributed by atoms with van der Waals surface area (Å²) in [7, 11) is 0. The van der Waals surface area contributed by atoms with Crippen LogP contribution in [0.4, 0.5) is 0 Å². The highest BCUT2D eigenvalue weighted by Crippen LogP contribution is 2.36. The highest BCUT2D eigenvalue weighted by atomic mass is 16.6. The molecule has 2 fully saturated rings. The molecule has 13 heteroatoms. The quantitative estimate of drug-likeness (QED) is 0.189. The Morgan fingerprint density at radius 1 is 0.966 bits per heavy atom. The van der Waals surface area contributed by atoms with E-state index in [4.69, 9.17) is 14.6 Å². The molecule has 29 heavy (non-hydrogen) atoms. The summed E-state index contributed by atoms with van der Waals surface area (Å²) in [5.74, 6) is -1.66. The Balaban J connectivity index is 2.52. The largest absolute Gasteiger partial charge is 0.394 e. The second-order valence-corrected chi connectivity index (χ2v) is 7.42. The Labute approximate surface area is 165 Å². The molecule has 0 bridgehead atoms. The Morgan fingerprint density at radius 3 is 2.07 bits per heavy atom. The zero-order valence-corrected chi connectivity index (χ0v) is 15.5. The van der Waals surface area contributed by atoms with Crippen molar-refractivity contribution in [3.8, 4) is 0 Å². The van der Waals surface area contributed by atoms with E-state index >= 15 is 0 Å². The van der Waals surface area contributed by atoms with Gasteiger partial charge in [-0.3, -0.25) is 4.79 Å². The molecule has 2 heterocycles. The molecule has 10 N–H and O–H groups in total. The van der Waals surface area contributed by atoms with Crippen LogP contribution in [0.1, 0.15) is 6.92 Å². The van der Waals surface area contributed by atoms with Crippen molar-refractivity contribution in [3.05, 3.63) is 0 Å². The minimum Gasteiger partial charge on any atom is -0.394 e. The van der Waals surface area contributed by atoms with Gasteiger partial charge in [-0.25, -0.2) is 0 Å². The number of hydrogen-bond donors (Lipinski definition) is 10. The van der Waals surface area contributed by atoms with Gasteiger partial charge in [-0.05, 0) is 6.92 Å². The van der Waals surface area contributed by atoms with Crippen molar-refractivity contribution in [1.82, 2.24) is 0 Å². The number of Topliss-reactive ketones (excluding diaryl/α,β-unsaturated/α-hetero) is 1.